The van der Waals surface area contributed by atoms with E-state index in [2.05, 4.69) is 126 Å². The molecule has 3 heterocycles. The van der Waals surface area contributed by atoms with Gasteiger partial charge in [-0.25, -0.2) is 4.98 Å². The Morgan fingerprint density at radius 2 is 1.24 bits per heavy atom. The van der Waals surface area contributed by atoms with Crippen molar-refractivity contribution in [1.29, 1.82) is 0 Å². The molecule has 6 heteroatoms. The molecule has 12 rings (SSSR count). The Balaban J connectivity index is 0.00000901. The molecule has 0 bridgehead atoms. The van der Waals surface area contributed by atoms with Gasteiger partial charge in [0, 0.05) is 75.2 Å². The van der Waals surface area contributed by atoms with Gasteiger partial charge in [0.05, 0.1) is 11.0 Å². The molecule has 84 heavy (non-hydrogen) atoms. The minimum absolute atomic E-state index is 0. The van der Waals surface area contributed by atoms with Crippen LogP contribution in [0.4, 0.5) is 22.7 Å². The van der Waals surface area contributed by atoms with Gasteiger partial charge in [0.2, 0.25) is 0 Å². The fourth-order valence-corrected chi connectivity index (χ4v) is 12.1. The summed E-state index contributed by atoms with van der Waals surface area (Å²) in [5.41, 5.74) is 10.6. The van der Waals surface area contributed by atoms with E-state index in [0.29, 0.717) is 67.2 Å². The molecular weight excluding hydrogens is 1200 g/mol. The van der Waals surface area contributed by atoms with Crippen LogP contribution in [0.1, 0.15) is 164 Å². The molecule has 0 saturated carbocycles. The van der Waals surface area contributed by atoms with Crippen molar-refractivity contribution in [2.24, 2.45) is 5.92 Å². The van der Waals surface area contributed by atoms with Crippen molar-refractivity contribution >= 4 is 44.6 Å². The van der Waals surface area contributed by atoms with E-state index in [1.165, 1.54) is 11.1 Å². The maximum absolute atomic E-state index is 10.3. The number of aromatic nitrogens is 2. The summed E-state index contributed by atoms with van der Waals surface area (Å²) in [5, 5.41) is 0.891. The molecule has 0 saturated heterocycles. The molecule has 1 aliphatic heterocycles. The number of para-hydroxylation sites is 3. The Bertz CT molecular complexity index is 4690. The molecule has 1 aliphatic carbocycles. The second-order valence-electron chi connectivity index (χ2n) is 27.4. The molecule has 0 spiro atoms. The maximum atomic E-state index is 10.3. The largest absolute Gasteiger partial charge is 0.509 e. The van der Waals surface area contributed by atoms with Gasteiger partial charge in [-0.3, -0.25) is 0 Å². The number of hydrogen-bond donors (Lipinski definition) is 0. The van der Waals surface area contributed by atoms with Crippen molar-refractivity contribution in [3.05, 3.63) is 222 Å². The molecule has 2 aliphatic rings. The van der Waals surface area contributed by atoms with Gasteiger partial charge < -0.3 is 19.1 Å². The normalized spacial score (nSPS) is 16.8. The van der Waals surface area contributed by atoms with Crippen molar-refractivity contribution in [2.45, 2.75) is 150 Å². The van der Waals surface area contributed by atoms with Crippen molar-refractivity contribution < 1.29 is 39.5 Å². The van der Waals surface area contributed by atoms with Gasteiger partial charge in [-0.05, 0) is 156 Å². The van der Waals surface area contributed by atoms with Gasteiger partial charge in [-0.15, -0.1) is 48.1 Å². The summed E-state index contributed by atoms with van der Waals surface area (Å²) in [7, 11) is 0. The number of fused-ring (bicyclic) bond motifs is 5. The van der Waals surface area contributed by atoms with Crippen LogP contribution < -0.4 is 14.5 Å². The zero-order valence-corrected chi connectivity index (χ0v) is 53.4. The molecule has 0 unspecified atom stereocenters. The molecule has 10 aromatic rings. The Morgan fingerprint density at radius 1 is 0.607 bits per heavy atom. The number of ether oxygens (including phenoxy) is 1. The van der Waals surface area contributed by atoms with Gasteiger partial charge in [-0.1, -0.05) is 200 Å². The van der Waals surface area contributed by atoms with Crippen molar-refractivity contribution in [2.75, 3.05) is 9.80 Å². The van der Waals surface area contributed by atoms with E-state index in [1.54, 1.807) is 35.0 Å². The Labute approximate surface area is 529 Å². The van der Waals surface area contributed by atoms with E-state index in [-0.39, 0.29) is 108 Å². The number of nitrogens with zero attached hydrogens (tertiary/aromatic N) is 4. The molecule has 0 amide bonds. The van der Waals surface area contributed by atoms with Gasteiger partial charge in [-0.2, -0.15) is 12.1 Å². The van der Waals surface area contributed by atoms with Crippen LogP contribution in [0.2, 0.25) is 0 Å². The van der Waals surface area contributed by atoms with Crippen LogP contribution >= 0.6 is 0 Å². The van der Waals surface area contributed by atoms with Crippen molar-refractivity contribution in [3.8, 4) is 50.7 Å². The second-order valence-corrected chi connectivity index (χ2v) is 27.4. The van der Waals surface area contributed by atoms with E-state index < -0.39 is 17.7 Å². The van der Waals surface area contributed by atoms with Crippen LogP contribution in [0.25, 0.3) is 61.0 Å². The van der Waals surface area contributed by atoms with E-state index >= 15 is 0 Å². The topological polar surface area (TPSA) is 33.5 Å². The van der Waals surface area contributed by atoms with E-state index in [0.717, 1.165) is 46.5 Å². The van der Waals surface area contributed by atoms with Gasteiger partial charge in [0.1, 0.15) is 5.82 Å². The Morgan fingerprint density at radius 3 is 1.92 bits per heavy atom. The van der Waals surface area contributed by atoms with E-state index in [4.69, 9.17) is 13.8 Å². The number of anilines is 4. The minimum Gasteiger partial charge on any atom is -0.509 e. The first-order valence-electron chi connectivity index (χ1n) is 34.2. The third-order valence-electron chi connectivity index (χ3n) is 16.8. The second kappa shape index (κ2) is 21.7. The maximum Gasteiger partial charge on any atom is 0.135 e. The van der Waals surface area contributed by atoms with Crippen molar-refractivity contribution in [3.63, 3.8) is 0 Å². The quantitative estimate of drug-likeness (QED) is 0.128. The molecule has 0 N–H and O–H groups in total. The zero-order valence-electron chi connectivity index (χ0n) is 61.1. The standard InChI is InChI=1S/C78H81N4O.Pt/c1-50(2)41-51-42-63(53-29-27-52(28-30-53)60-34-32-55(74(3,4)5)45-66(60)76(9,10)11)73(64(43-51)54-31-36-65-67(44-54)78(14,15)39-38-77(65,12)13)81-49-80(69-25-18-19-26-70(69)81)57-21-20-22-58(47-57)83-59-33-35-62-61-23-16-17-24-68(61)82(71(62)48-59)72-46-56(37-40-79-72)75(6,7)8;/h16-37,40,42-46,49-50H,38-39,41H2,1-15H3;/q-3;/i16D,17D,23D,24D,27D,28D,29D,30D,41D2;. The molecule has 432 valence electrons. The average molecular weight is 1300 g/mol. The predicted octanol–water partition coefficient (Wildman–Crippen LogP) is 21.4. The van der Waals surface area contributed by atoms with Crippen LogP contribution in [0.3, 0.4) is 0 Å². The number of hydrogen-bond acceptors (Lipinski definition) is 4. The van der Waals surface area contributed by atoms with Gasteiger partial charge >= 0.3 is 0 Å². The third-order valence-corrected chi connectivity index (χ3v) is 16.8. The molecule has 0 atom stereocenters. The SMILES string of the molecule is [2H]c1c([2H])c(-c2cc(C([2H])([2H])C(C)C)cc(-c3ccc4c(c3)C(C)(C)CCC4(C)C)c2N2[CH-]N(c3[c-]c(Oc4[c-]c5c(cc4)c4c([2H])c([2H])c([2H])c([2H])c4n5-c4cc(C(C)(C)C)ccn4)ccc3)c3ccccc32)c([2H])c([2H])c1-c1ccc(C(C)(C)C)cc1C(C)(C)C.[Pt]. The molecule has 0 fully saturated rings. The molecule has 5 nitrogen and oxygen atoms in total. The molecule has 2 aromatic heterocycles. The smallest absolute Gasteiger partial charge is 0.135 e. The molecule has 0 radical (unpaired) electrons. The predicted molar refractivity (Wildman–Crippen MR) is 350 cm³/mol. The van der Waals surface area contributed by atoms with E-state index in [1.807, 2.05) is 97.0 Å². The zero-order chi connectivity index (χ0) is 67.3. The summed E-state index contributed by atoms with van der Waals surface area (Å²) >= 11 is 0. The number of rotatable bonds is 10. The Kier molecular flexibility index (Phi) is 12.2. The first kappa shape index (κ1) is 47.1. The summed E-state index contributed by atoms with van der Waals surface area (Å²) in [6.45, 7) is 33.8. The van der Waals surface area contributed by atoms with Gasteiger partial charge in [0.15, 0.2) is 0 Å². The van der Waals surface area contributed by atoms with Crippen LogP contribution in [-0.2, 0) is 54.5 Å². The van der Waals surface area contributed by atoms with Crippen LogP contribution in [-0.4, -0.2) is 9.55 Å². The number of benzene rings is 8. The van der Waals surface area contributed by atoms with Crippen LogP contribution in [0.5, 0.6) is 11.5 Å². The average Bonchev–Trinajstić information content (AvgIpc) is 1.53. The first-order valence-corrected chi connectivity index (χ1v) is 29.2. The number of pyridine rings is 1. The van der Waals surface area contributed by atoms with Crippen LogP contribution in [0, 0.1) is 24.7 Å². The van der Waals surface area contributed by atoms with Crippen molar-refractivity contribution in [1.82, 2.24) is 9.55 Å². The fraction of sp³-hybridized carbons (Fsp3) is 0.308. The summed E-state index contributed by atoms with van der Waals surface area (Å²) in [6, 6.07) is 42.3. The summed E-state index contributed by atoms with van der Waals surface area (Å²) < 4.78 is 104. The summed E-state index contributed by atoms with van der Waals surface area (Å²) in [6.07, 6.45) is 1.76. The van der Waals surface area contributed by atoms with Gasteiger partial charge in [0.25, 0.3) is 0 Å². The van der Waals surface area contributed by atoms with E-state index in [9.17, 15) is 9.60 Å². The first-order chi connectivity index (χ1) is 43.4. The monoisotopic (exact) mass is 1290 g/mol. The molecule has 8 aromatic carbocycles. The third kappa shape index (κ3) is 11.0. The Hall–Kier alpha value is -7.20. The fourth-order valence-electron chi connectivity index (χ4n) is 12.1. The minimum atomic E-state index is -1.92. The summed E-state index contributed by atoms with van der Waals surface area (Å²) in [5.74, 6) is 0.593. The molecular formula is C78H81N4OPt-3. The van der Waals surface area contributed by atoms with Crippen LogP contribution in [0.15, 0.2) is 170 Å². The summed E-state index contributed by atoms with van der Waals surface area (Å²) in [4.78, 5) is 8.78.